The number of hydrogen-bond donors (Lipinski definition) is 1. The standard InChI is InChI=1S/C19H32BrN/c1-4-5-6-7-8-18(15-21-14-16(2)3)13-17-9-11-19(20)12-10-17/h9-12,16,18,21H,4-8,13-15H2,1-3H3. The first kappa shape index (κ1) is 18.7. The van der Waals surface area contributed by atoms with Gasteiger partial charge in [0.25, 0.3) is 0 Å². The lowest BCUT2D eigenvalue weighted by Gasteiger charge is -2.19. The second-order valence-electron chi connectivity index (χ2n) is 6.60. The summed E-state index contributed by atoms with van der Waals surface area (Å²) >= 11 is 3.52. The molecule has 1 unspecified atom stereocenters. The third-order valence-corrected chi connectivity index (χ3v) is 4.42. The number of halogens is 1. The lowest BCUT2D eigenvalue weighted by atomic mass is 9.93. The predicted octanol–water partition coefficient (Wildman–Crippen LogP) is 5.82. The van der Waals surface area contributed by atoms with Crippen LogP contribution >= 0.6 is 15.9 Å². The molecule has 0 radical (unpaired) electrons. The highest BCUT2D eigenvalue weighted by molar-refractivity contribution is 9.10. The van der Waals surface area contributed by atoms with Gasteiger partial charge in [0.2, 0.25) is 0 Å². The van der Waals surface area contributed by atoms with Gasteiger partial charge in [-0.05, 0) is 55.5 Å². The van der Waals surface area contributed by atoms with E-state index in [0.717, 1.165) is 24.9 Å². The maximum Gasteiger partial charge on any atom is 0.0175 e. The third kappa shape index (κ3) is 9.31. The van der Waals surface area contributed by atoms with E-state index < -0.39 is 0 Å². The SMILES string of the molecule is CCCCCCC(CNCC(C)C)Cc1ccc(Br)cc1. The van der Waals surface area contributed by atoms with E-state index in [1.807, 2.05) is 0 Å². The minimum Gasteiger partial charge on any atom is -0.316 e. The zero-order chi connectivity index (χ0) is 15.5. The van der Waals surface area contributed by atoms with Crippen molar-refractivity contribution >= 4 is 15.9 Å². The second kappa shape index (κ2) is 11.3. The Morgan fingerprint density at radius 2 is 1.71 bits per heavy atom. The van der Waals surface area contributed by atoms with Crippen molar-refractivity contribution in [3.8, 4) is 0 Å². The van der Waals surface area contributed by atoms with Gasteiger partial charge in [-0.25, -0.2) is 0 Å². The molecule has 0 aliphatic heterocycles. The summed E-state index contributed by atoms with van der Waals surface area (Å²) < 4.78 is 1.17. The molecule has 0 saturated heterocycles. The van der Waals surface area contributed by atoms with Crippen molar-refractivity contribution in [3.05, 3.63) is 34.3 Å². The zero-order valence-electron chi connectivity index (χ0n) is 14.0. The number of rotatable bonds is 11. The van der Waals surface area contributed by atoms with Gasteiger partial charge in [0.15, 0.2) is 0 Å². The number of benzene rings is 1. The summed E-state index contributed by atoms with van der Waals surface area (Å²) in [5.74, 6) is 1.50. The fourth-order valence-corrected chi connectivity index (χ4v) is 2.93. The summed E-state index contributed by atoms with van der Waals surface area (Å²) in [5.41, 5.74) is 1.46. The summed E-state index contributed by atoms with van der Waals surface area (Å²) in [4.78, 5) is 0. The van der Waals surface area contributed by atoms with Crippen molar-refractivity contribution in [1.29, 1.82) is 0 Å². The second-order valence-corrected chi connectivity index (χ2v) is 7.51. The largest absolute Gasteiger partial charge is 0.316 e. The summed E-state index contributed by atoms with van der Waals surface area (Å²) in [5, 5.41) is 3.65. The summed E-state index contributed by atoms with van der Waals surface area (Å²) in [6, 6.07) is 8.83. The molecule has 21 heavy (non-hydrogen) atoms. The topological polar surface area (TPSA) is 12.0 Å². The molecule has 1 atom stereocenters. The fourth-order valence-electron chi connectivity index (χ4n) is 2.67. The van der Waals surface area contributed by atoms with Crippen LogP contribution in [0.4, 0.5) is 0 Å². The Balaban J connectivity index is 2.43. The van der Waals surface area contributed by atoms with Gasteiger partial charge in [-0.1, -0.05) is 74.5 Å². The Hall–Kier alpha value is -0.340. The van der Waals surface area contributed by atoms with Gasteiger partial charge in [0, 0.05) is 4.47 Å². The van der Waals surface area contributed by atoms with Crippen LogP contribution in [0.3, 0.4) is 0 Å². The molecule has 1 rings (SSSR count). The highest BCUT2D eigenvalue weighted by Crippen LogP contribution is 2.18. The molecule has 0 heterocycles. The third-order valence-electron chi connectivity index (χ3n) is 3.89. The average molecular weight is 354 g/mol. The Morgan fingerprint density at radius 1 is 1.00 bits per heavy atom. The van der Waals surface area contributed by atoms with Gasteiger partial charge >= 0.3 is 0 Å². The first-order chi connectivity index (χ1) is 10.1. The molecule has 0 spiro atoms. The molecule has 2 heteroatoms. The Kier molecular flexibility index (Phi) is 10.0. The molecular formula is C19H32BrN. The highest BCUT2D eigenvalue weighted by Gasteiger charge is 2.10. The van der Waals surface area contributed by atoms with Gasteiger partial charge < -0.3 is 5.32 Å². The minimum absolute atomic E-state index is 0.735. The quantitative estimate of drug-likeness (QED) is 0.494. The van der Waals surface area contributed by atoms with E-state index in [1.165, 1.54) is 48.6 Å². The van der Waals surface area contributed by atoms with Crippen LogP contribution in [0.15, 0.2) is 28.7 Å². The maximum absolute atomic E-state index is 3.65. The van der Waals surface area contributed by atoms with E-state index in [4.69, 9.17) is 0 Å². The predicted molar refractivity (Wildman–Crippen MR) is 97.8 cm³/mol. The van der Waals surface area contributed by atoms with Crippen LogP contribution in [0.1, 0.15) is 58.4 Å². The van der Waals surface area contributed by atoms with Crippen molar-refractivity contribution in [1.82, 2.24) is 5.32 Å². The van der Waals surface area contributed by atoms with E-state index in [2.05, 4.69) is 66.3 Å². The molecule has 1 nitrogen and oxygen atoms in total. The van der Waals surface area contributed by atoms with Gasteiger partial charge in [-0.3, -0.25) is 0 Å². The van der Waals surface area contributed by atoms with Crippen molar-refractivity contribution in [2.75, 3.05) is 13.1 Å². The van der Waals surface area contributed by atoms with Crippen LogP contribution in [-0.4, -0.2) is 13.1 Å². The Labute approximate surface area is 140 Å². The molecule has 0 amide bonds. The number of hydrogen-bond acceptors (Lipinski definition) is 1. The maximum atomic E-state index is 3.65. The van der Waals surface area contributed by atoms with Crippen LogP contribution in [0.25, 0.3) is 0 Å². The van der Waals surface area contributed by atoms with Crippen LogP contribution < -0.4 is 5.32 Å². The van der Waals surface area contributed by atoms with E-state index >= 15 is 0 Å². The molecule has 0 aliphatic carbocycles. The van der Waals surface area contributed by atoms with Crippen LogP contribution in [0, 0.1) is 11.8 Å². The van der Waals surface area contributed by atoms with Gasteiger partial charge in [-0.15, -0.1) is 0 Å². The Morgan fingerprint density at radius 3 is 2.33 bits per heavy atom. The van der Waals surface area contributed by atoms with Crippen LogP contribution in [-0.2, 0) is 6.42 Å². The summed E-state index contributed by atoms with van der Waals surface area (Å²) in [6.07, 6.45) is 8.01. The van der Waals surface area contributed by atoms with Gasteiger partial charge in [0.05, 0.1) is 0 Å². The molecule has 1 aromatic carbocycles. The number of unbranched alkanes of at least 4 members (excludes halogenated alkanes) is 3. The average Bonchev–Trinajstić information content (AvgIpc) is 2.45. The lowest BCUT2D eigenvalue weighted by molar-refractivity contribution is 0.407. The molecule has 0 bridgehead atoms. The van der Waals surface area contributed by atoms with Crippen LogP contribution in [0.2, 0.25) is 0 Å². The summed E-state index contributed by atoms with van der Waals surface area (Å²) in [6.45, 7) is 9.12. The van der Waals surface area contributed by atoms with E-state index in [9.17, 15) is 0 Å². The van der Waals surface area contributed by atoms with Gasteiger partial charge in [0.1, 0.15) is 0 Å². The Bertz CT molecular complexity index is 358. The lowest BCUT2D eigenvalue weighted by Crippen LogP contribution is -2.27. The molecule has 1 N–H and O–H groups in total. The smallest absolute Gasteiger partial charge is 0.0175 e. The van der Waals surface area contributed by atoms with Crippen molar-refractivity contribution in [2.45, 2.75) is 59.3 Å². The van der Waals surface area contributed by atoms with Crippen molar-refractivity contribution in [3.63, 3.8) is 0 Å². The minimum atomic E-state index is 0.735. The van der Waals surface area contributed by atoms with E-state index in [1.54, 1.807) is 0 Å². The first-order valence-electron chi connectivity index (χ1n) is 8.57. The zero-order valence-corrected chi connectivity index (χ0v) is 15.6. The first-order valence-corrected chi connectivity index (χ1v) is 9.36. The molecule has 0 fully saturated rings. The normalized spacial score (nSPS) is 12.8. The van der Waals surface area contributed by atoms with Gasteiger partial charge in [-0.2, -0.15) is 0 Å². The monoisotopic (exact) mass is 353 g/mol. The molecule has 120 valence electrons. The van der Waals surface area contributed by atoms with E-state index in [-0.39, 0.29) is 0 Å². The van der Waals surface area contributed by atoms with Crippen molar-refractivity contribution < 1.29 is 0 Å². The molecule has 0 saturated carbocycles. The molecule has 0 aromatic heterocycles. The van der Waals surface area contributed by atoms with Crippen molar-refractivity contribution in [2.24, 2.45) is 11.8 Å². The molecule has 1 aromatic rings. The number of nitrogens with one attached hydrogen (secondary N) is 1. The summed E-state index contributed by atoms with van der Waals surface area (Å²) in [7, 11) is 0. The molecular weight excluding hydrogens is 322 g/mol. The fraction of sp³-hybridized carbons (Fsp3) is 0.684. The van der Waals surface area contributed by atoms with Crippen LogP contribution in [0.5, 0.6) is 0 Å². The highest BCUT2D eigenvalue weighted by atomic mass is 79.9. The van der Waals surface area contributed by atoms with E-state index in [0.29, 0.717) is 0 Å². The molecule has 0 aliphatic rings.